The third-order valence-electron chi connectivity index (χ3n) is 3.27. The minimum atomic E-state index is -4.42. The first-order chi connectivity index (χ1) is 8.81. The molecule has 1 heterocycles. The van der Waals surface area contributed by atoms with Crippen molar-refractivity contribution in [2.24, 2.45) is 11.7 Å². The van der Waals surface area contributed by atoms with E-state index in [1.165, 1.54) is 4.90 Å². The fourth-order valence-electron chi connectivity index (χ4n) is 2.20. The van der Waals surface area contributed by atoms with Gasteiger partial charge in [-0.15, -0.1) is 0 Å². The van der Waals surface area contributed by atoms with Crippen LogP contribution in [0.1, 0.15) is 19.8 Å². The van der Waals surface area contributed by atoms with E-state index >= 15 is 0 Å². The van der Waals surface area contributed by atoms with Gasteiger partial charge in [-0.2, -0.15) is 13.2 Å². The number of alkyl halides is 3. The van der Waals surface area contributed by atoms with Gasteiger partial charge in [-0.05, 0) is 25.4 Å². The zero-order chi connectivity index (χ0) is 14.5. The molecule has 1 unspecified atom stereocenters. The van der Waals surface area contributed by atoms with Gasteiger partial charge in [0.1, 0.15) is 6.42 Å². The molecule has 1 atom stereocenters. The molecule has 0 saturated carbocycles. The fourth-order valence-corrected chi connectivity index (χ4v) is 2.20. The minimum absolute atomic E-state index is 0.359. The van der Waals surface area contributed by atoms with E-state index in [4.69, 9.17) is 5.73 Å². The van der Waals surface area contributed by atoms with Crippen LogP contribution in [0.5, 0.6) is 0 Å². The molecule has 0 aliphatic carbocycles. The molecular formula is C12H22F3N3O. The summed E-state index contributed by atoms with van der Waals surface area (Å²) in [7, 11) is 0. The quantitative estimate of drug-likeness (QED) is 0.838. The fraction of sp³-hybridized carbons (Fsp3) is 0.917. The minimum Gasteiger partial charge on any atom is -0.341 e. The van der Waals surface area contributed by atoms with Gasteiger partial charge in [-0.3, -0.25) is 4.79 Å². The molecule has 1 rings (SSSR count). The van der Waals surface area contributed by atoms with Crippen molar-refractivity contribution in [3.8, 4) is 0 Å². The van der Waals surface area contributed by atoms with Crippen molar-refractivity contribution in [2.75, 3.05) is 39.3 Å². The summed E-state index contributed by atoms with van der Waals surface area (Å²) in [4.78, 5) is 15.0. The van der Waals surface area contributed by atoms with Crippen molar-refractivity contribution in [1.29, 1.82) is 0 Å². The standard InChI is InChI=1S/C12H22F3N3O/c1-10(8-16)9-17-3-2-4-18(6-5-17)11(19)7-12(13,14)15/h10H,2-9,16H2,1H3. The molecule has 4 nitrogen and oxygen atoms in total. The Bertz CT molecular complexity index is 296. The Morgan fingerprint density at radius 1 is 1.26 bits per heavy atom. The number of nitrogens with two attached hydrogens (primary N) is 1. The largest absolute Gasteiger partial charge is 0.397 e. The number of carbonyl (C=O) groups is 1. The second-order valence-electron chi connectivity index (χ2n) is 5.17. The third kappa shape index (κ3) is 6.24. The first-order valence-corrected chi connectivity index (χ1v) is 6.59. The first-order valence-electron chi connectivity index (χ1n) is 6.59. The number of amides is 1. The molecule has 0 bridgehead atoms. The van der Waals surface area contributed by atoms with E-state index in [-0.39, 0.29) is 0 Å². The van der Waals surface area contributed by atoms with Crippen molar-refractivity contribution in [1.82, 2.24) is 9.80 Å². The van der Waals surface area contributed by atoms with E-state index < -0.39 is 18.5 Å². The molecule has 7 heteroatoms. The molecule has 112 valence electrons. The monoisotopic (exact) mass is 281 g/mol. The highest BCUT2D eigenvalue weighted by atomic mass is 19.4. The summed E-state index contributed by atoms with van der Waals surface area (Å²) >= 11 is 0. The van der Waals surface area contributed by atoms with Crippen LogP contribution in [0.4, 0.5) is 13.2 Å². The van der Waals surface area contributed by atoms with E-state index in [2.05, 4.69) is 4.90 Å². The van der Waals surface area contributed by atoms with Crippen LogP contribution >= 0.6 is 0 Å². The van der Waals surface area contributed by atoms with Gasteiger partial charge in [0.2, 0.25) is 5.91 Å². The molecule has 1 amide bonds. The van der Waals surface area contributed by atoms with E-state index in [0.29, 0.717) is 38.5 Å². The predicted octanol–water partition coefficient (Wildman–Crippen LogP) is 1.07. The van der Waals surface area contributed by atoms with Gasteiger partial charge in [0, 0.05) is 26.2 Å². The molecule has 0 aromatic heterocycles. The van der Waals surface area contributed by atoms with Gasteiger partial charge in [0.15, 0.2) is 0 Å². The maximum Gasteiger partial charge on any atom is 0.397 e. The summed E-state index contributed by atoms with van der Waals surface area (Å²) in [5.74, 6) is -0.460. The third-order valence-corrected chi connectivity index (χ3v) is 3.27. The predicted molar refractivity (Wildman–Crippen MR) is 66.5 cm³/mol. The lowest BCUT2D eigenvalue weighted by Crippen LogP contribution is -2.38. The molecule has 1 aliphatic rings. The lowest BCUT2D eigenvalue weighted by atomic mass is 10.1. The first kappa shape index (κ1) is 16.2. The molecular weight excluding hydrogens is 259 g/mol. The molecule has 2 N–H and O–H groups in total. The Morgan fingerprint density at radius 2 is 1.95 bits per heavy atom. The highest BCUT2D eigenvalue weighted by Gasteiger charge is 2.33. The summed E-state index contributed by atoms with van der Waals surface area (Å²) in [6, 6.07) is 0. The second-order valence-corrected chi connectivity index (χ2v) is 5.17. The number of hydrogen-bond donors (Lipinski definition) is 1. The average Bonchev–Trinajstić information content (AvgIpc) is 2.52. The van der Waals surface area contributed by atoms with Crippen LogP contribution in [-0.2, 0) is 4.79 Å². The number of halogens is 3. The van der Waals surface area contributed by atoms with Gasteiger partial charge in [0.25, 0.3) is 0 Å². The number of carbonyl (C=O) groups excluding carboxylic acids is 1. The van der Waals surface area contributed by atoms with Crippen molar-refractivity contribution >= 4 is 5.91 Å². The zero-order valence-electron chi connectivity index (χ0n) is 11.2. The lowest BCUT2D eigenvalue weighted by Gasteiger charge is -2.24. The van der Waals surface area contributed by atoms with Gasteiger partial charge in [-0.1, -0.05) is 6.92 Å². The normalized spacial score (nSPS) is 20.2. The van der Waals surface area contributed by atoms with Crippen molar-refractivity contribution in [3.05, 3.63) is 0 Å². The highest BCUT2D eigenvalue weighted by molar-refractivity contribution is 5.76. The molecule has 0 aromatic carbocycles. The van der Waals surface area contributed by atoms with Crippen LogP contribution in [0.2, 0.25) is 0 Å². The number of hydrogen-bond acceptors (Lipinski definition) is 3. The maximum absolute atomic E-state index is 12.2. The average molecular weight is 281 g/mol. The van der Waals surface area contributed by atoms with Crippen LogP contribution in [0.25, 0.3) is 0 Å². The Hall–Kier alpha value is -0.820. The van der Waals surface area contributed by atoms with Crippen molar-refractivity contribution < 1.29 is 18.0 Å². The Morgan fingerprint density at radius 3 is 2.53 bits per heavy atom. The van der Waals surface area contributed by atoms with Gasteiger partial charge >= 0.3 is 6.18 Å². The van der Waals surface area contributed by atoms with E-state index in [1.807, 2.05) is 6.92 Å². The van der Waals surface area contributed by atoms with Gasteiger partial charge in [-0.25, -0.2) is 0 Å². The molecule has 1 fully saturated rings. The van der Waals surface area contributed by atoms with Gasteiger partial charge < -0.3 is 15.5 Å². The number of rotatable bonds is 4. The smallest absolute Gasteiger partial charge is 0.341 e. The summed E-state index contributed by atoms with van der Waals surface area (Å²) in [6.07, 6.45) is -5.07. The maximum atomic E-state index is 12.2. The zero-order valence-corrected chi connectivity index (χ0v) is 11.2. The van der Waals surface area contributed by atoms with Crippen LogP contribution in [0, 0.1) is 5.92 Å². The van der Waals surface area contributed by atoms with Crippen LogP contribution in [-0.4, -0.2) is 61.2 Å². The second kappa shape index (κ2) is 7.09. The van der Waals surface area contributed by atoms with Crippen LogP contribution in [0.3, 0.4) is 0 Å². The summed E-state index contributed by atoms with van der Waals surface area (Å²) in [5, 5.41) is 0. The summed E-state index contributed by atoms with van der Waals surface area (Å²) in [6.45, 7) is 5.66. The summed E-state index contributed by atoms with van der Waals surface area (Å²) < 4.78 is 36.6. The molecule has 0 spiro atoms. The Balaban J connectivity index is 2.43. The number of nitrogens with zero attached hydrogens (tertiary/aromatic N) is 2. The van der Waals surface area contributed by atoms with E-state index in [9.17, 15) is 18.0 Å². The van der Waals surface area contributed by atoms with Crippen LogP contribution in [0.15, 0.2) is 0 Å². The van der Waals surface area contributed by atoms with E-state index in [0.717, 1.165) is 13.1 Å². The molecule has 0 radical (unpaired) electrons. The Kier molecular flexibility index (Phi) is 6.06. The van der Waals surface area contributed by atoms with Gasteiger partial charge in [0.05, 0.1) is 0 Å². The van der Waals surface area contributed by atoms with Crippen molar-refractivity contribution in [2.45, 2.75) is 25.9 Å². The molecule has 0 aromatic rings. The highest BCUT2D eigenvalue weighted by Crippen LogP contribution is 2.21. The molecule has 19 heavy (non-hydrogen) atoms. The van der Waals surface area contributed by atoms with E-state index in [1.54, 1.807) is 0 Å². The lowest BCUT2D eigenvalue weighted by molar-refractivity contribution is -0.161. The molecule has 1 aliphatic heterocycles. The summed E-state index contributed by atoms with van der Waals surface area (Å²) in [5.41, 5.74) is 5.56. The van der Waals surface area contributed by atoms with Crippen molar-refractivity contribution in [3.63, 3.8) is 0 Å². The Labute approximate surface area is 111 Å². The SMILES string of the molecule is CC(CN)CN1CCCN(C(=O)CC(F)(F)F)CC1. The molecule has 1 saturated heterocycles. The topological polar surface area (TPSA) is 49.6 Å². The van der Waals surface area contributed by atoms with Crippen LogP contribution < -0.4 is 5.73 Å².